The highest BCUT2D eigenvalue weighted by Gasteiger charge is 2.11. The summed E-state index contributed by atoms with van der Waals surface area (Å²) in [4.78, 5) is 15.9. The van der Waals surface area contributed by atoms with Crippen LogP contribution in [0.3, 0.4) is 0 Å². The van der Waals surface area contributed by atoms with Crippen molar-refractivity contribution in [3.8, 4) is 5.75 Å². The van der Waals surface area contributed by atoms with E-state index in [1.807, 2.05) is 24.3 Å². The quantitative estimate of drug-likeness (QED) is 0.847. The molecule has 0 fully saturated rings. The van der Waals surface area contributed by atoms with Gasteiger partial charge in [-0.05, 0) is 12.1 Å². The van der Waals surface area contributed by atoms with Crippen molar-refractivity contribution in [2.45, 2.75) is 6.54 Å². The number of nitrogen functional groups attached to an aromatic ring is 1. The molecule has 0 unspecified atom stereocenters. The van der Waals surface area contributed by atoms with Crippen molar-refractivity contribution in [1.82, 2.24) is 10.3 Å². The van der Waals surface area contributed by atoms with Crippen LogP contribution in [0.1, 0.15) is 15.9 Å². The molecule has 0 radical (unpaired) electrons. The van der Waals surface area contributed by atoms with Crippen molar-refractivity contribution in [2.75, 3.05) is 12.8 Å². The van der Waals surface area contributed by atoms with E-state index in [-0.39, 0.29) is 16.7 Å². The standard InChI is InChI=1S/C14H14ClN3O2/c1-20-12-5-3-2-4-9(12)7-18-14(19)10-6-13(15)17-8-11(10)16/h2-6,8H,7,16H2,1H3,(H,18,19). The second-order valence-corrected chi connectivity index (χ2v) is 4.48. The number of hydrogen-bond acceptors (Lipinski definition) is 4. The molecule has 1 aromatic carbocycles. The highest BCUT2D eigenvalue weighted by molar-refractivity contribution is 6.29. The maximum absolute atomic E-state index is 12.1. The van der Waals surface area contributed by atoms with Gasteiger partial charge in [0.15, 0.2) is 0 Å². The third-order valence-electron chi connectivity index (χ3n) is 2.78. The van der Waals surface area contributed by atoms with Gasteiger partial charge in [-0.2, -0.15) is 0 Å². The number of carbonyl (C=O) groups excluding carboxylic acids is 1. The Hall–Kier alpha value is -2.27. The lowest BCUT2D eigenvalue weighted by Gasteiger charge is -2.10. The molecule has 5 nitrogen and oxygen atoms in total. The molecule has 0 saturated carbocycles. The number of anilines is 1. The van der Waals surface area contributed by atoms with Gasteiger partial charge in [-0.15, -0.1) is 0 Å². The van der Waals surface area contributed by atoms with Gasteiger partial charge < -0.3 is 15.8 Å². The van der Waals surface area contributed by atoms with E-state index in [4.69, 9.17) is 22.1 Å². The maximum atomic E-state index is 12.1. The number of benzene rings is 1. The van der Waals surface area contributed by atoms with Crippen molar-refractivity contribution in [3.63, 3.8) is 0 Å². The van der Waals surface area contributed by atoms with E-state index >= 15 is 0 Å². The zero-order valence-corrected chi connectivity index (χ0v) is 11.6. The van der Waals surface area contributed by atoms with Crippen molar-refractivity contribution >= 4 is 23.2 Å². The molecule has 20 heavy (non-hydrogen) atoms. The van der Waals surface area contributed by atoms with Gasteiger partial charge in [0.1, 0.15) is 10.9 Å². The smallest absolute Gasteiger partial charge is 0.253 e. The van der Waals surface area contributed by atoms with E-state index in [0.717, 1.165) is 5.56 Å². The molecule has 0 aliphatic carbocycles. The van der Waals surface area contributed by atoms with Crippen LogP contribution in [0, 0.1) is 0 Å². The normalized spacial score (nSPS) is 10.1. The van der Waals surface area contributed by atoms with Crippen LogP contribution in [0.2, 0.25) is 5.15 Å². The molecule has 0 aliphatic heterocycles. The lowest BCUT2D eigenvalue weighted by atomic mass is 10.2. The van der Waals surface area contributed by atoms with E-state index in [1.54, 1.807) is 7.11 Å². The van der Waals surface area contributed by atoms with Crippen LogP contribution in [0.5, 0.6) is 5.75 Å². The van der Waals surface area contributed by atoms with Crippen LogP contribution in [-0.2, 0) is 6.54 Å². The van der Waals surface area contributed by atoms with Gasteiger partial charge in [-0.3, -0.25) is 4.79 Å². The second-order valence-electron chi connectivity index (χ2n) is 4.09. The first-order valence-electron chi connectivity index (χ1n) is 5.93. The Kier molecular flexibility index (Phi) is 4.42. The second kappa shape index (κ2) is 6.25. The number of pyridine rings is 1. The van der Waals surface area contributed by atoms with Crippen LogP contribution < -0.4 is 15.8 Å². The average Bonchev–Trinajstić information content (AvgIpc) is 2.47. The minimum atomic E-state index is -0.308. The van der Waals surface area contributed by atoms with Gasteiger partial charge in [0.05, 0.1) is 24.6 Å². The first-order valence-corrected chi connectivity index (χ1v) is 6.30. The summed E-state index contributed by atoms with van der Waals surface area (Å²) in [5, 5.41) is 3.00. The Labute approximate surface area is 121 Å². The monoisotopic (exact) mass is 291 g/mol. The van der Waals surface area contributed by atoms with Crippen LogP contribution in [0.15, 0.2) is 36.5 Å². The average molecular weight is 292 g/mol. The summed E-state index contributed by atoms with van der Waals surface area (Å²) in [6.45, 7) is 0.336. The molecule has 3 N–H and O–H groups in total. The SMILES string of the molecule is COc1ccccc1CNC(=O)c1cc(Cl)ncc1N. The number of methoxy groups -OCH3 is 1. The number of nitrogens with zero attached hydrogens (tertiary/aromatic N) is 1. The lowest BCUT2D eigenvalue weighted by Crippen LogP contribution is -2.24. The molecular weight excluding hydrogens is 278 g/mol. The van der Waals surface area contributed by atoms with Gasteiger partial charge in [0.2, 0.25) is 0 Å². The molecule has 1 amide bonds. The Balaban J connectivity index is 2.11. The first-order chi connectivity index (χ1) is 9.61. The number of ether oxygens (including phenoxy) is 1. The van der Waals surface area contributed by atoms with E-state index in [2.05, 4.69) is 10.3 Å². The minimum absolute atomic E-state index is 0.224. The van der Waals surface area contributed by atoms with E-state index in [9.17, 15) is 4.79 Å². The van der Waals surface area contributed by atoms with Crippen molar-refractivity contribution < 1.29 is 9.53 Å². The number of hydrogen-bond donors (Lipinski definition) is 2. The lowest BCUT2D eigenvalue weighted by molar-refractivity contribution is 0.0951. The Morgan fingerprint density at radius 3 is 2.95 bits per heavy atom. The van der Waals surface area contributed by atoms with Gasteiger partial charge in [-0.25, -0.2) is 4.98 Å². The molecule has 2 rings (SSSR count). The van der Waals surface area contributed by atoms with Crippen molar-refractivity contribution in [3.05, 3.63) is 52.8 Å². The van der Waals surface area contributed by atoms with E-state index < -0.39 is 0 Å². The summed E-state index contributed by atoms with van der Waals surface area (Å²) in [5.74, 6) is 0.409. The molecule has 1 heterocycles. The fourth-order valence-corrected chi connectivity index (χ4v) is 1.91. The highest BCUT2D eigenvalue weighted by Crippen LogP contribution is 2.18. The number of amides is 1. The molecule has 2 aromatic rings. The number of nitrogens with two attached hydrogens (primary N) is 1. The van der Waals surface area contributed by atoms with Gasteiger partial charge in [0.25, 0.3) is 5.91 Å². The van der Waals surface area contributed by atoms with Gasteiger partial charge in [-0.1, -0.05) is 29.8 Å². The fourth-order valence-electron chi connectivity index (χ4n) is 1.76. The predicted octanol–water partition coefficient (Wildman–Crippen LogP) is 2.26. The fraction of sp³-hybridized carbons (Fsp3) is 0.143. The van der Waals surface area contributed by atoms with Crippen molar-refractivity contribution in [1.29, 1.82) is 0 Å². The number of rotatable bonds is 4. The van der Waals surface area contributed by atoms with Crippen LogP contribution >= 0.6 is 11.6 Å². The zero-order valence-electron chi connectivity index (χ0n) is 10.9. The highest BCUT2D eigenvalue weighted by atomic mass is 35.5. The molecule has 0 aliphatic rings. The Morgan fingerprint density at radius 1 is 1.45 bits per heavy atom. The molecule has 104 valence electrons. The summed E-state index contributed by atoms with van der Waals surface area (Å²) in [5.41, 5.74) is 7.18. The van der Waals surface area contributed by atoms with Crippen LogP contribution in [0.4, 0.5) is 5.69 Å². The Morgan fingerprint density at radius 2 is 2.20 bits per heavy atom. The summed E-state index contributed by atoms with van der Waals surface area (Å²) >= 11 is 5.76. The third kappa shape index (κ3) is 3.19. The molecule has 6 heteroatoms. The largest absolute Gasteiger partial charge is 0.496 e. The van der Waals surface area contributed by atoms with E-state index in [1.165, 1.54) is 12.3 Å². The number of aromatic nitrogens is 1. The Bertz CT molecular complexity index is 632. The number of para-hydroxylation sites is 1. The third-order valence-corrected chi connectivity index (χ3v) is 2.98. The van der Waals surface area contributed by atoms with Gasteiger partial charge in [0, 0.05) is 12.1 Å². The zero-order chi connectivity index (χ0) is 14.5. The molecule has 1 aromatic heterocycles. The topological polar surface area (TPSA) is 77.2 Å². The molecular formula is C14H14ClN3O2. The molecule has 0 bridgehead atoms. The summed E-state index contributed by atoms with van der Waals surface area (Å²) in [6, 6.07) is 8.89. The molecule has 0 spiro atoms. The van der Waals surface area contributed by atoms with Crippen LogP contribution in [-0.4, -0.2) is 18.0 Å². The van der Waals surface area contributed by atoms with Crippen LogP contribution in [0.25, 0.3) is 0 Å². The summed E-state index contributed by atoms with van der Waals surface area (Å²) in [6.07, 6.45) is 1.36. The number of nitrogens with one attached hydrogen (secondary N) is 1. The van der Waals surface area contributed by atoms with Gasteiger partial charge >= 0.3 is 0 Å². The number of halogens is 1. The van der Waals surface area contributed by atoms with E-state index in [0.29, 0.717) is 17.9 Å². The molecule has 0 saturated heterocycles. The predicted molar refractivity (Wildman–Crippen MR) is 77.8 cm³/mol. The van der Waals surface area contributed by atoms with Crippen molar-refractivity contribution in [2.24, 2.45) is 0 Å². The molecule has 0 atom stereocenters. The minimum Gasteiger partial charge on any atom is -0.496 e. The maximum Gasteiger partial charge on any atom is 0.253 e. The summed E-state index contributed by atoms with van der Waals surface area (Å²) < 4.78 is 5.22. The first kappa shape index (κ1) is 14.1. The summed E-state index contributed by atoms with van der Waals surface area (Å²) in [7, 11) is 1.58. The number of carbonyl (C=O) groups is 1.